The lowest BCUT2D eigenvalue weighted by Gasteiger charge is -2.15. The number of halogens is 1. The minimum Gasteiger partial charge on any atom is -0.352 e. The number of hydrogen-bond donors (Lipinski definition) is 1. The van der Waals surface area contributed by atoms with Crippen molar-refractivity contribution in [3.63, 3.8) is 0 Å². The molecule has 2 rings (SSSR count). The molecule has 1 aromatic rings. The van der Waals surface area contributed by atoms with Gasteiger partial charge in [-0.15, -0.1) is 0 Å². The summed E-state index contributed by atoms with van der Waals surface area (Å²) in [6.45, 7) is 4.19. The first kappa shape index (κ1) is 14.4. The Kier molecular flexibility index (Phi) is 4.86. The van der Waals surface area contributed by atoms with Crippen LogP contribution in [-0.2, 0) is 4.79 Å². The van der Waals surface area contributed by atoms with Crippen molar-refractivity contribution in [1.29, 1.82) is 0 Å². The fraction of sp³-hybridized carbons (Fsp3) is 0.533. The first-order valence-electron chi connectivity index (χ1n) is 6.71. The normalized spacial score (nSPS) is 24.2. The van der Waals surface area contributed by atoms with E-state index in [4.69, 9.17) is 0 Å². The number of thioether (sulfide) groups is 1. The highest BCUT2D eigenvalue weighted by atomic mass is 32.2. The van der Waals surface area contributed by atoms with Crippen LogP contribution in [0.3, 0.4) is 0 Å². The molecule has 0 saturated carbocycles. The molecule has 0 unspecified atom stereocenters. The highest BCUT2D eigenvalue weighted by Crippen LogP contribution is 2.26. The number of carbonyl (C=O) groups is 1. The molecule has 19 heavy (non-hydrogen) atoms. The second-order valence-electron chi connectivity index (χ2n) is 5.30. The SMILES string of the molecule is C[C@@H]1C[C@@H](NC(=O)C[C@H](C)c2ccc(F)cc2)CS1. The summed E-state index contributed by atoms with van der Waals surface area (Å²) in [4.78, 5) is 12.0. The van der Waals surface area contributed by atoms with Crippen molar-refractivity contribution in [2.45, 2.75) is 43.9 Å². The minimum absolute atomic E-state index is 0.0940. The zero-order chi connectivity index (χ0) is 13.8. The predicted octanol–water partition coefficient (Wildman–Crippen LogP) is 3.33. The Bertz CT molecular complexity index is 434. The predicted molar refractivity (Wildman–Crippen MR) is 77.9 cm³/mol. The van der Waals surface area contributed by atoms with Gasteiger partial charge in [0.05, 0.1) is 0 Å². The molecule has 3 atom stereocenters. The molecule has 1 saturated heterocycles. The lowest BCUT2D eigenvalue weighted by Crippen LogP contribution is -2.35. The van der Waals surface area contributed by atoms with Crippen LogP contribution < -0.4 is 5.32 Å². The lowest BCUT2D eigenvalue weighted by molar-refractivity contribution is -0.121. The van der Waals surface area contributed by atoms with Gasteiger partial charge in [0, 0.05) is 23.5 Å². The van der Waals surface area contributed by atoms with Crippen molar-refractivity contribution < 1.29 is 9.18 Å². The largest absolute Gasteiger partial charge is 0.352 e. The lowest BCUT2D eigenvalue weighted by atomic mass is 9.97. The maximum Gasteiger partial charge on any atom is 0.220 e. The van der Waals surface area contributed by atoms with Gasteiger partial charge >= 0.3 is 0 Å². The van der Waals surface area contributed by atoms with E-state index in [0.717, 1.165) is 17.7 Å². The molecule has 0 radical (unpaired) electrons. The van der Waals surface area contributed by atoms with Crippen LogP contribution in [-0.4, -0.2) is 23.0 Å². The Morgan fingerprint density at radius 3 is 2.74 bits per heavy atom. The van der Waals surface area contributed by atoms with Crippen molar-refractivity contribution in [3.8, 4) is 0 Å². The molecule has 1 amide bonds. The van der Waals surface area contributed by atoms with Gasteiger partial charge in [-0.3, -0.25) is 4.79 Å². The molecule has 0 bridgehead atoms. The average molecular weight is 281 g/mol. The Hall–Kier alpha value is -1.03. The third-order valence-electron chi connectivity index (χ3n) is 3.49. The molecule has 0 aliphatic carbocycles. The molecule has 104 valence electrons. The summed E-state index contributed by atoms with van der Waals surface area (Å²) < 4.78 is 12.8. The zero-order valence-electron chi connectivity index (χ0n) is 11.4. The molecule has 0 aromatic heterocycles. The van der Waals surface area contributed by atoms with E-state index in [1.165, 1.54) is 12.1 Å². The Balaban J connectivity index is 1.83. The van der Waals surface area contributed by atoms with Gasteiger partial charge in [-0.1, -0.05) is 26.0 Å². The summed E-state index contributed by atoms with van der Waals surface area (Å²) in [6, 6.07) is 6.70. The second-order valence-corrected chi connectivity index (χ2v) is 6.77. The van der Waals surface area contributed by atoms with Crippen molar-refractivity contribution >= 4 is 17.7 Å². The van der Waals surface area contributed by atoms with E-state index in [2.05, 4.69) is 12.2 Å². The van der Waals surface area contributed by atoms with Crippen LogP contribution in [0.25, 0.3) is 0 Å². The molecule has 1 aromatic carbocycles. The van der Waals surface area contributed by atoms with E-state index in [1.54, 1.807) is 12.1 Å². The Morgan fingerprint density at radius 1 is 1.47 bits per heavy atom. The fourth-order valence-electron chi connectivity index (χ4n) is 2.39. The summed E-state index contributed by atoms with van der Waals surface area (Å²) in [7, 11) is 0. The van der Waals surface area contributed by atoms with Crippen LogP contribution in [0.15, 0.2) is 24.3 Å². The molecule has 1 fully saturated rings. The molecule has 1 heterocycles. The second kappa shape index (κ2) is 6.42. The Labute approximate surface area is 118 Å². The van der Waals surface area contributed by atoms with E-state index >= 15 is 0 Å². The Morgan fingerprint density at radius 2 is 2.16 bits per heavy atom. The summed E-state index contributed by atoms with van der Waals surface area (Å²) >= 11 is 1.91. The summed E-state index contributed by atoms with van der Waals surface area (Å²) in [5.41, 5.74) is 1.01. The number of amides is 1. The maximum atomic E-state index is 12.8. The molecule has 1 aliphatic rings. The van der Waals surface area contributed by atoms with Crippen molar-refractivity contribution in [3.05, 3.63) is 35.6 Å². The molecular weight excluding hydrogens is 261 g/mol. The number of hydrogen-bond acceptors (Lipinski definition) is 2. The number of benzene rings is 1. The highest BCUT2D eigenvalue weighted by molar-refractivity contribution is 8.00. The topological polar surface area (TPSA) is 29.1 Å². The smallest absolute Gasteiger partial charge is 0.220 e. The van der Waals surface area contributed by atoms with Gasteiger partial charge in [-0.2, -0.15) is 11.8 Å². The van der Waals surface area contributed by atoms with Crippen LogP contribution in [0.4, 0.5) is 4.39 Å². The van der Waals surface area contributed by atoms with Gasteiger partial charge in [0.15, 0.2) is 0 Å². The monoisotopic (exact) mass is 281 g/mol. The van der Waals surface area contributed by atoms with Crippen molar-refractivity contribution in [1.82, 2.24) is 5.32 Å². The van der Waals surface area contributed by atoms with Crippen LogP contribution in [0.1, 0.15) is 38.2 Å². The molecule has 4 heteroatoms. The maximum absolute atomic E-state index is 12.8. The van der Waals surface area contributed by atoms with Gasteiger partial charge in [-0.25, -0.2) is 4.39 Å². The third kappa shape index (κ3) is 4.23. The minimum atomic E-state index is -0.239. The van der Waals surface area contributed by atoms with E-state index in [1.807, 2.05) is 18.7 Å². The highest BCUT2D eigenvalue weighted by Gasteiger charge is 2.23. The van der Waals surface area contributed by atoms with Gasteiger partial charge in [-0.05, 0) is 30.0 Å². The van der Waals surface area contributed by atoms with Crippen molar-refractivity contribution in [2.75, 3.05) is 5.75 Å². The zero-order valence-corrected chi connectivity index (χ0v) is 12.2. The van der Waals surface area contributed by atoms with Crippen molar-refractivity contribution in [2.24, 2.45) is 0 Å². The van der Waals surface area contributed by atoms with Crippen LogP contribution in [0.5, 0.6) is 0 Å². The third-order valence-corrected chi connectivity index (χ3v) is 4.85. The standard InChI is InChI=1S/C15H20FNOS/c1-10(12-3-5-13(16)6-4-12)7-15(18)17-14-8-11(2)19-9-14/h3-6,10-11,14H,7-9H2,1-2H3,(H,17,18)/t10-,11+,14+/m0/s1. The number of nitrogens with one attached hydrogen (secondary N) is 1. The summed E-state index contributed by atoms with van der Waals surface area (Å²) in [6.07, 6.45) is 1.52. The van der Waals surface area contributed by atoms with E-state index in [-0.39, 0.29) is 17.6 Å². The van der Waals surface area contributed by atoms with E-state index in [0.29, 0.717) is 17.7 Å². The first-order valence-corrected chi connectivity index (χ1v) is 7.76. The first-order chi connectivity index (χ1) is 9.04. The molecule has 1 N–H and O–H groups in total. The van der Waals surface area contributed by atoms with Gasteiger partial charge in [0.25, 0.3) is 0 Å². The molecule has 1 aliphatic heterocycles. The van der Waals surface area contributed by atoms with Crippen LogP contribution in [0.2, 0.25) is 0 Å². The van der Waals surface area contributed by atoms with E-state index < -0.39 is 0 Å². The van der Waals surface area contributed by atoms with E-state index in [9.17, 15) is 9.18 Å². The number of rotatable bonds is 4. The molecular formula is C15H20FNOS. The quantitative estimate of drug-likeness (QED) is 0.917. The molecule has 0 spiro atoms. The van der Waals surface area contributed by atoms with Gasteiger partial charge < -0.3 is 5.32 Å². The fourth-order valence-corrected chi connectivity index (χ4v) is 3.54. The van der Waals surface area contributed by atoms with Gasteiger partial charge in [0.1, 0.15) is 5.82 Å². The molecule has 2 nitrogen and oxygen atoms in total. The van der Waals surface area contributed by atoms with Crippen LogP contribution in [0, 0.1) is 5.82 Å². The van der Waals surface area contributed by atoms with Crippen LogP contribution >= 0.6 is 11.8 Å². The summed E-state index contributed by atoms with van der Waals surface area (Å²) in [5, 5.41) is 3.73. The number of carbonyl (C=O) groups excluding carboxylic acids is 1. The van der Waals surface area contributed by atoms with Gasteiger partial charge in [0.2, 0.25) is 5.91 Å². The average Bonchev–Trinajstić information content (AvgIpc) is 2.75. The summed E-state index contributed by atoms with van der Waals surface area (Å²) in [5.74, 6) is 0.985.